The highest BCUT2D eigenvalue weighted by molar-refractivity contribution is 7.08. The Bertz CT molecular complexity index is 511. The third-order valence-corrected chi connectivity index (χ3v) is 3.18. The molecule has 2 atom stereocenters. The van der Waals surface area contributed by atoms with Crippen molar-refractivity contribution in [1.29, 1.82) is 5.26 Å². The maximum atomic E-state index is 8.69. The van der Waals surface area contributed by atoms with Gasteiger partial charge in [0, 0.05) is 10.9 Å². The smallest absolute Gasteiger partial charge is 0.231 e. The van der Waals surface area contributed by atoms with Gasteiger partial charge in [0.2, 0.25) is 11.7 Å². The molecule has 2 aromatic rings. The first-order valence-electron chi connectivity index (χ1n) is 4.64. The highest BCUT2D eigenvalue weighted by Crippen LogP contribution is 2.46. The van der Waals surface area contributed by atoms with Crippen molar-refractivity contribution < 1.29 is 4.52 Å². The number of nitrogens with zero attached hydrogens (tertiary/aromatic N) is 3. The van der Waals surface area contributed by atoms with Gasteiger partial charge in [-0.25, -0.2) is 0 Å². The van der Waals surface area contributed by atoms with Crippen molar-refractivity contribution in [2.75, 3.05) is 0 Å². The van der Waals surface area contributed by atoms with Gasteiger partial charge in [-0.15, -0.1) is 0 Å². The van der Waals surface area contributed by atoms with Gasteiger partial charge < -0.3 is 4.52 Å². The topological polar surface area (TPSA) is 62.7 Å². The van der Waals surface area contributed by atoms with E-state index in [1.54, 1.807) is 11.3 Å². The molecule has 0 radical (unpaired) electrons. The van der Waals surface area contributed by atoms with E-state index in [1.165, 1.54) is 0 Å². The monoisotopic (exact) mass is 217 g/mol. The Labute approximate surface area is 90.2 Å². The first kappa shape index (κ1) is 8.62. The van der Waals surface area contributed by atoms with Crippen LogP contribution in [0, 0.1) is 17.2 Å². The highest BCUT2D eigenvalue weighted by atomic mass is 32.1. The first-order chi connectivity index (χ1) is 7.38. The summed E-state index contributed by atoms with van der Waals surface area (Å²) in [5.41, 5.74) is 0.976. The van der Waals surface area contributed by atoms with Crippen molar-refractivity contribution in [2.45, 2.75) is 12.3 Å². The fourth-order valence-corrected chi connectivity index (χ4v) is 2.14. The maximum Gasteiger partial charge on any atom is 0.231 e. The Morgan fingerprint density at radius 2 is 2.53 bits per heavy atom. The van der Waals surface area contributed by atoms with Crippen LogP contribution >= 0.6 is 11.3 Å². The molecule has 1 saturated carbocycles. The predicted octanol–water partition coefficient (Wildman–Crippen LogP) is 2.43. The Kier molecular flexibility index (Phi) is 1.82. The molecule has 1 fully saturated rings. The second kappa shape index (κ2) is 3.17. The highest BCUT2D eigenvalue weighted by Gasteiger charge is 2.43. The molecule has 1 aliphatic carbocycles. The van der Waals surface area contributed by atoms with Gasteiger partial charge in [0.1, 0.15) is 0 Å². The lowest BCUT2D eigenvalue weighted by atomic mass is 10.3. The zero-order valence-electron chi connectivity index (χ0n) is 7.75. The summed E-state index contributed by atoms with van der Waals surface area (Å²) in [7, 11) is 0. The van der Waals surface area contributed by atoms with Crippen LogP contribution < -0.4 is 0 Å². The summed E-state index contributed by atoms with van der Waals surface area (Å²) in [5, 5.41) is 16.5. The van der Waals surface area contributed by atoms with Crippen LogP contribution in [-0.2, 0) is 0 Å². The van der Waals surface area contributed by atoms with Crippen LogP contribution in [-0.4, -0.2) is 10.1 Å². The lowest BCUT2D eigenvalue weighted by Crippen LogP contribution is -1.81. The van der Waals surface area contributed by atoms with Crippen molar-refractivity contribution in [2.24, 2.45) is 5.92 Å². The van der Waals surface area contributed by atoms with Crippen molar-refractivity contribution in [3.05, 3.63) is 22.7 Å². The lowest BCUT2D eigenvalue weighted by molar-refractivity contribution is 0.378. The maximum absolute atomic E-state index is 8.69. The van der Waals surface area contributed by atoms with E-state index < -0.39 is 0 Å². The van der Waals surface area contributed by atoms with E-state index in [9.17, 15) is 0 Å². The summed E-state index contributed by atoms with van der Waals surface area (Å²) in [6.45, 7) is 0. The molecule has 4 nitrogen and oxygen atoms in total. The molecule has 0 N–H and O–H groups in total. The van der Waals surface area contributed by atoms with Crippen LogP contribution in [0.15, 0.2) is 21.3 Å². The molecule has 0 amide bonds. The molecule has 2 aromatic heterocycles. The van der Waals surface area contributed by atoms with E-state index in [0.29, 0.717) is 11.7 Å². The molecule has 0 aromatic carbocycles. The van der Waals surface area contributed by atoms with Gasteiger partial charge in [-0.05, 0) is 17.9 Å². The molecule has 15 heavy (non-hydrogen) atoms. The quantitative estimate of drug-likeness (QED) is 0.775. The van der Waals surface area contributed by atoms with Crippen molar-refractivity contribution >= 4 is 11.3 Å². The first-order valence-corrected chi connectivity index (χ1v) is 5.58. The minimum absolute atomic E-state index is 0.0702. The standard InChI is InChI=1S/C10H7N3OS/c11-4-7-3-8(7)10-12-9(13-14-10)6-1-2-15-5-6/h1-2,5,7-8H,3H2. The zero-order valence-corrected chi connectivity index (χ0v) is 8.57. The van der Waals surface area contributed by atoms with E-state index >= 15 is 0 Å². The summed E-state index contributed by atoms with van der Waals surface area (Å²) in [4.78, 5) is 4.29. The Balaban J connectivity index is 1.87. The van der Waals surface area contributed by atoms with Gasteiger partial charge in [0.15, 0.2) is 0 Å². The van der Waals surface area contributed by atoms with E-state index in [4.69, 9.17) is 9.78 Å². The van der Waals surface area contributed by atoms with Gasteiger partial charge in [-0.2, -0.15) is 21.6 Å². The third-order valence-electron chi connectivity index (χ3n) is 2.49. The molecule has 1 aliphatic rings. The van der Waals surface area contributed by atoms with Crippen molar-refractivity contribution in [3.63, 3.8) is 0 Å². The van der Waals surface area contributed by atoms with Crippen molar-refractivity contribution in [3.8, 4) is 17.5 Å². The summed E-state index contributed by atoms with van der Waals surface area (Å²) in [6, 6.07) is 4.16. The normalized spacial score (nSPS) is 23.7. The Hall–Kier alpha value is -1.67. The SMILES string of the molecule is N#CC1CC1c1nc(-c2ccsc2)no1. The molecular weight excluding hydrogens is 210 g/mol. The summed E-state index contributed by atoms with van der Waals surface area (Å²) in [6.07, 6.45) is 0.849. The molecule has 5 heteroatoms. The zero-order chi connectivity index (χ0) is 10.3. The van der Waals surface area contributed by atoms with Crippen LogP contribution in [0.5, 0.6) is 0 Å². The molecule has 3 rings (SSSR count). The second-order valence-electron chi connectivity index (χ2n) is 3.55. The number of nitriles is 1. The van der Waals surface area contributed by atoms with Crippen LogP contribution in [0.3, 0.4) is 0 Å². The molecule has 2 heterocycles. The van der Waals surface area contributed by atoms with Crippen LogP contribution in [0.2, 0.25) is 0 Å². The minimum Gasteiger partial charge on any atom is -0.339 e. The summed E-state index contributed by atoms with van der Waals surface area (Å²) >= 11 is 1.60. The van der Waals surface area contributed by atoms with Gasteiger partial charge in [0.25, 0.3) is 0 Å². The van der Waals surface area contributed by atoms with Gasteiger partial charge in [-0.3, -0.25) is 0 Å². The Morgan fingerprint density at radius 1 is 1.60 bits per heavy atom. The van der Waals surface area contributed by atoms with E-state index in [1.807, 2.05) is 16.8 Å². The average molecular weight is 217 g/mol. The van der Waals surface area contributed by atoms with Crippen LogP contribution in [0.4, 0.5) is 0 Å². The van der Waals surface area contributed by atoms with E-state index in [2.05, 4.69) is 16.2 Å². The number of rotatable bonds is 2. The second-order valence-corrected chi connectivity index (χ2v) is 4.33. The molecule has 0 aliphatic heterocycles. The van der Waals surface area contributed by atoms with Crippen LogP contribution in [0.25, 0.3) is 11.4 Å². The van der Waals surface area contributed by atoms with E-state index in [-0.39, 0.29) is 11.8 Å². The minimum atomic E-state index is 0.0702. The molecule has 0 bridgehead atoms. The average Bonchev–Trinajstić information content (AvgIpc) is 2.73. The van der Waals surface area contributed by atoms with E-state index in [0.717, 1.165) is 12.0 Å². The third kappa shape index (κ3) is 1.43. The largest absolute Gasteiger partial charge is 0.339 e. The number of thiophene rings is 1. The van der Waals surface area contributed by atoms with Crippen molar-refractivity contribution in [1.82, 2.24) is 10.1 Å². The number of hydrogen-bond donors (Lipinski definition) is 0. The Morgan fingerprint density at radius 3 is 3.20 bits per heavy atom. The molecule has 0 spiro atoms. The number of aromatic nitrogens is 2. The van der Waals surface area contributed by atoms with Gasteiger partial charge >= 0.3 is 0 Å². The molecule has 74 valence electrons. The predicted molar refractivity (Wildman–Crippen MR) is 54.1 cm³/mol. The number of hydrogen-bond acceptors (Lipinski definition) is 5. The summed E-state index contributed by atoms with van der Waals surface area (Å²) < 4.78 is 5.14. The molecule has 0 saturated heterocycles. The van der Waals surface area contributed by atoms with Gasteiger partial charge in [0.05, 0.1) is 17.9 Å². The molecular formula is C10H7N3OS. The van der Waals surface area contributed by atoms with Gasteiger partial charge in [-0.1, -0.05) is 5.16 Å². The molecule has 2 unspecified atom stereocenters. The summed E-state index contributed by atoms with van der Waals surface area (Å²) in [5.74, 6) is 1.45. The lowest BCUT2D eigenvalue weighted by Gasteiger charge is -1.83. The van der Waals surface area contributed by atoms with Crippen LogP contribution in [0.1, 0.15) is 18.2 Å². The fourth-order valence-electron chi connectivity index (χ4n) is 1.51. The fraction of sp³-hybridized carbons (Fsp3) is 0.300.